The maximum atomic E-state index is 8.76. The molecule has 0 aliphatic heterocycles. The van der Waals surface area contributed by atoms with Gasteiger partial charge < -0.3 is 8.98 Å². The van der Waals surface area contributed by atoms with Crippen LogP contribution in [0.1, 0.15) is 5.48 Å². The number of benzene rings is 6. The van der Waals surface area contributed by atoms with E-state index in [9.17, 15) is 0 Å². The molecule has 9 aromatic rings. The van der Waals surface area contributed by atoms with Crippen LogP contribution in [0.15, 0.2) is 150 Å². The second-order valence-electron chi connectivity index (χ2n) is 10.6. The van der Waals surface area contributed by atoms with Gasteiger partial charge in [0.25, 0.3) is 0 Å². The molecule has 44 heavy (non-hydrogen) atoms. The Kier molecular flexibility index (Phi) is 4.60. The summed E-state index contributed by atoms with van der Waals surface area (Å²) in [6.45, 7) is 0. The summed E-state index contributed by atoms with van der Waals surface area (Å²) in [5.41, 5.74) is 5.85. The average Bonchev–Trinajstić information content (AvgIpc) is 3.64. The molecule has 6 aromatic carbocycles. The zero-order chi connectivity index (χ0) is 32.5. The molecule has 0 amide bonds. The van der Waals surface area contributed by atoms with Crippen molar-refractivity contribution in [3.8, 4) is 39.9 Å². The summed E-state index contributed by atoms with van der Waals surface area (Å²) in [6, 6.07) is 38.7. The van der Waals surface area contributed by atoms with Crippen molar-refractivity contribution in [1.82, 2.24) is 19.5 Å². The second kappa shape index (κ2) is 9.75. The first-order valence-electron chi connectivity index (χ1n) is 16.3. The first kappa shape index (κ1) is 20.8. The summed E-state index contributed by atoms with van der Waals surface area (Å²) in [6.07, 6.45) is 0. The van der Waals surface area contributed by atoms with Gasteiger partial charge in [0, 0.05) is 50.0 Å². The molecule has 0 saturated heterocycles. The lowest BCUT2D eigenvalue weighted by Crippen LogP contribution is -2.00. The fourth-order valence-electron chi connectivity index (χ4n) is 5.89. The van der Waals surface area contributed by atoms with Gasteiger partial charge in [-0.15, -0.1) is 0 Å². The molecule has 0 saturated carbocycles. The summed E-state index contributed by atoms with van der Waals surface area (Å²) in [5.74, 6) is 1.73. The molecule has 206 valence electrons. The van der Waals surface area contributed by atoms with E-state index in [-0.39, 0.29) is 24.2 Å². The van der Waals surface area contributed by atoms with Crippen LogP contribution >= 0.6 is 0 Å². The van der Waals surface area contributed by atoms with Gasteiger partial charge in [0.1, 0.15) is 11.2 Å². The van der Waals surface area contributed by atoms with Crippen molar-refractivity contribution in [2.45, 2.75) is 0 Å². The fourth-order valence-corrected chi connectivity index (χ4v) is 5.89. The Hall–Kier alpha value is -6.07. The lowest BCUT2D eigenvalue weighted by Gasteiger charge is -2.08. The van der Waals surface area contributed by atoms with Gasteiger partial charge in [0.15, 0.2) is 17.5 Å². The van der Waals surface area contributed by atoms with E-state index in [2.05, 4.69) is 0 Å². The van der Waals surface area contributed by atoms with E-state index in [0.717, 1.165) is 33.2 Å². The van der Waals surface area contributed by atoms with Gasteiger partial charge in [-0.2, -0.15) is 0 Å². The minimum absolute atomic E-state index is 0.177. The maximum absolute atomic E-state index is 8.76. The van der Waals surface area contributed by atoms with Gasteiger partial charge in [-0.1, -0.05) is 97.0 Å². The molecule has 0 aliphatic carbocycles. The van der Waals surface area contributed by atoms with Crippen molar-refractivity contribution in [3.05, 3.63) is 145 Å². The maximum Gasteiger partial charge on any atom is 0.164 e. The standard InChI is InChI=1S/C39H24N4O/c1-3-11-25(12-4-1)37-40-38(26-13-5-2-6-14-26)42-39(41-37)27-19-22-35-32(23-27)31-21-20-28(24-36(31)44-35)43-33-17-9-7-15-29(33)30-16-8-10-18-34(30)43/h1-24H/i7D,8D,17D,18D. The van der Waals surface area contributed by atoms with E-state index in [1.165, 1.54) is 12.1 Å². The Balaban J connectivity index is 1.22. The number of hydrogen-bond donors (Lipinski definition) is 0. The SMILES string of the molecule is [2H]c1cc([2H])c2c(c1)c1cc([2H])cc([2H])c1n2-c1ccc2c(c1)oc1ccc(-c3nc(-c4ccccc4)nc(-c4ccccc4)n3)cc12. The number of aromatic nitrogens is 4. The lowest BCUT2D eigenvalue weighted by atomic mass is 10.1. The molecule has 0 radical (unpaired) electrons. The highest BCUT2D eigenvalue weighted by Gasteiger charge is 2.16. The van der Waals surface area contributed by atoms with Gasteiger partial charge in [-0.3, -0.25) is 0 Å². The molecular weight excluding hydrogens is 540 g/mol. The molecule has 0 spiro atoms. The summed E-state index contributed by atoms with van der Waals surface area (Å²) in [7, 11) is 0. The van der Waals surface area contributed by atoms with Crippen LogP contribution in [0.25, 0.3) is 83.6 Å². The minimum Gasteiger partial charge on any atom is -0.456 e. The first-order valence-corrected chi connectivity index (χ1v) is 14.3. The van der Waals surface area contributed by atoms with Crippen LogP contribution in [0.3, 0.4) is 0 Å². The third kappa shape index (κ3) is 3.91. The largest absolute Gasteiger partial charge is 0.456 e. The molecule has 0 bridgehead atoms. The van der Waals surface area contributed by atoms with E-state index in [4.69, 9.17) is 24.9 Å². The summed E-state index contributed by atoms with van der Waals surface area (Å²) >= 11 is 0. The smallest absolute Gasteiger partial charge is 0.164 e. The first-order chi connectivity index (χ1) is 23.4. The zero-order valence-corrected chi connectivity index (χ0v) is 23.2. The van der Waals surface area contributed by atoms with Crippen LogP contribution in [-0.2, 0) is 0 Å². The van der Waals surface area contributed by atoms with Gasteiger partial charge in [-0.05, 0) is 42.4 Å². The summed E-state index contributed by atoms with van der Waals surface area (Å²) in [4.78, 5) is 14.6. The highest BCUT2D eigenvalue weighted by molar-refractivity contribution is 6.10. The molecule has 5 heteroatoms. The molecule has 3 aromatic heterocycles. The van der Waals surface area contributed by atoms with Gasteiger partial charge in [0.05, 0.1) is 16.5 Å². The lowest BCUT2D eigenvalue weighted by molar-refractivity contribution is 0.668. The van der Waals surface area contributed by atoms with E-state index in [1.54, 1.807) is 12.1 Å². The molecule has 0 N–H and O–H groups in total. The predicted molar refractivity (Wildman–Crippen MR) is 178 cm³/mol. The number of furan rings is 1. The highest BCUT2D eigenvalue weighted by Crippen LogP contribution is 2.36. The predicted octanol–water partition coefficient (Wildman–Crippen LogP) is 9.87. The number of fused-ring (bicyclic) bond motifs is 6. The van der Waals surface area contributed by atoms with E-state index in [1.807, 2.05) is 102 Å². The molecule has 5 nitrogen and oxygen atoms in total. The van der Waals surface area contributed by atoms with Gasteiger partial charge in [0.2, 0.25) is 0 Å². The topological polar surface area (TPSA) is 56.7 Å². The summed E-state index contributed by atoms with van der Waals surface area (Å²) < 4.78 is 42.2. The van der Waals surface area contributed by atoms with Crippen molar-refractivity contribution >= 4 is 43.7 Å². The normalized spacial score (nSPS) is 12.9. The Morgan fingerprint density at radius 1 is 0.477 bits per heavy atom. The second-order valence-corrected chi connectivity index (χ2v) is 10.6. The Bertz CT molecular complexity index is 2600. The summed E-state index contributed by atoms with van der Waals surface area (Å²) in [5, 5.41) is 3.14. The van der Waals surface area contributed by atoms with Crippen LogP contribution in [-0.4, -0.2) is 19.5 Å². The Labute approximate surface area is 258 Å². The van der Waals surface area contributed by atoms with Crippen LogP contribution < -0.4 is 0 Å². The van der Waals surface area contributed by atoms with E-state index in [0.29, 0.717) is 50.4 Å². The number of rotatable bonds is 4. The molecule has 0 fully saturated rings. The zero-order valence-electron chi connectivity index (χ0n) is 27.2. The number of nitrogens with zero attached hydrogens (tertiary/aromatic N) is 4. The molecule has 0 atom stereocenters. The average molecular weight is 569 g/mol. The molecule has 9 rings (SSSR count). The Morgan fingerprint density at radius 2 is 1.07 bits per heavy atom. The van der Waals surface area contributed by atoms with Crippen LogP contribution in [0, 0.1) is 0 Å². The quantitative estimate of drug-likeness (QED) is 0.212. The van der Waals surface area contributed by atoms with Crippen molar-refractivity contribution in [3.63, 3.8) is 0 Å². The van der Waals surface area contributed by atoms with Gasteiger partial charge in [-0.25, -0.2) is 15.0 Å². The third-order valence-electron chi connectivity index (χ3n) is 7.96. The van der Waals surface area contributed by atoms with E-state index >= 15 is 0 Å². The van der Waals surface area contributed by atoms with Crippen molar-refractivity contribution in [2.75, 3.05) is 0 Å². The number of hydrogen-bond acceptors (Lipinski definition) is 4. The monoisotopic (exact) mass is 568 g/mol. The minimum atomic E-state index is 0.177. The van der Waals surface area contributed by atoms with Crippen molar-refractivity contribution < 1.29 is 9.90 Å². The van der Waals surface area contributed by atoms with Crippen molar-refractivity contribution in [1.29, 1.82) is 0 Å². The van der Waals surface area contributed by atoms with Crippen LogP contribution in [0.2, 0.25) is 0 Å². The van der Waals surface area contributed by atoms with Crippen LogP contribution in [0.4, 0.5) is 0 Å². The van der Waals surface area contributed by atoms with Crippen molar-refractivity contribution in [2.24, 2.45) is 0 Å². The van der Waals surface area contributed by atoms with Gasteiger partial charge >= 0.3 is 0 Å². The van der Waals surface area contributed by atoms with E-state index < -0.39 is 0 Å². The molecular formula is C39H24N4O. The number of para-hydroxylation sites is 2. The highest BCUT2D eigenvalue weighted by atomic mass is 16.3. The van der Waals surface area contributed by atoms with Crippen LogP contribution in [0.5, 0.6) is 0 Å². The third-order valence-corrected chi connectivity index (χ3v) is 7.96. The molecule has 0 aliphatic rings. The Morgan fingerprint density at radius 3 is 1.68 bits per heavy atom. The fraction of sp³-hybridized carbons (Fsp3) is 0. The molecule has 3 heterocycles. The molecule has 0 unspecified atom stereocenters.